The summed E-state index contributed by atoms with van der Waals surface area (Å²) in [7, 11) is 0. The molecule has 0 saturated heterocycles. The highest BCUT2D eigenvalue weighted by molar-refractivity contribution is 7.98. The van der Waals surface area contributed by atoms with Gasteiger partial charge >= 0.3 is 0 Å². The van der Waals surface area contributed by atoms with Crippen molar-refractivity contribution in [2.45, 2.75) is 38.3 Å². The van der Waals surface area contributed by atoms with E-state index in [1.165, 1.54) is 12.8 Å². The third kappa shape index (κ3) is 4.03. The fourth-order valence-corrected chi connectivity index (χ4v) is 2.33. The first kappa shape index (κ1) is 12.4. The van der Waals surface area contributed by atoms with Crippen LogP contribution in [0.25, 0.3) is 0 Å². The molecule has 0 aliphatic heterocycles. The second kappa shape index (κ2) is 5.08. The third-order valence-corrected chi connectivity index (χ3v) is 3.45. The van der Waals surface area contributed by atoms with E-state index in [9.17, 15) is 0 Å². The summed E-state index contributed by atoms with van der Waals surface area (Å²) < 4.78 is 0. The fraction of sp³-hybridized carbons (Fsp3) is 0.727. The Bertz CT molecular complexity index is 378. The van der Waals surface area contributed by atoms with Gasteiger partial charge < -0.3 is 10.6 Å². The van der Waals surface area contributed by atoms with Gasteiger partial charge in [-0.05, 0) is 32.9 Å². The van der Waals surface area contributed by atoms with Gasteiger partial charge in [-0.1, -0.05) is 0 Å². The molecule has 6 heteroatoms. The largest absolute Gasteiger partial charge is 0.351 e. The highest BCUT2D eigenvalue weighted by Gasteiger charge is 2.23. The average molecular weight is 253 g/mol. The van der Waals surface area contributed by atoms with Crippen LogP contribution in [-0.2, 0) is 0 Å². The molecule has 1 heterocycles. The molecule has 0 spiro atoms. The smallest absolute Gasteiger partial charge is 0.227 e. The molecule has 0 amide bonds. The van der Waals surface area contributed by atoms with E-state index in [4.69, 9.17) is 0 Å². The van der Waals surface area contributed by atoms with Gasteiger partial charge in [0.05, 0.1) is 0 Å². The fourth-order valence-electron chi connectivity index (χ4n) is 1.54. The van der Waals surface area contributed by atoms with Crippen LogP contribution in [0, 0.1) is 0 Å². The minimum atomic E-state index is -0.0162. The third-order valence-electron chi connectivity index (χ3n) is 2.44. The summed E-state index contributed by atoms with van der Waals surface area (Å²) in [6.45, 7) is 4.28. The Morgan fingerprint density at radius 1 is 1.35 bits per heavy atom. The Balaban J connectivity index is 1.99. The van der Waals surface area contributed by atoms with E-state index in [2.05, 4.69) is 45.7 Å². The maximum atomic E-state index is 4.37. The van der Waals surface area contributed by atoms with Crippen molar-refractivity contribution in [1.29, 1.82) is 0 Å². The van der Waals surface area contributed by atoms with Crippen LogP contribution in [0.3, 0.4) is 0 Å². The summed E-state index contributed by atoms with van der Waals surface area (Å²) in [5.41, 5.74) is -0.0162. The summed E-state index contributed by atoms with van der Waals surface area (Å²) in [5.74, 6) is 2.32. The first-order chi connectivity index (χ1) is 8.09. The molecule has 0 bridgehead atoms. The Morgan fingerprint density at radius 3 is 2.71 bits per heavy atom. The van der Waals surface area contributed by atoms with Crippen molar-refractivity contribution < 1.29 is 0 Å². The van der Waals surface area contributed by atoms with Gasteiger partial charge in [-0.25, -0.2) is 9.97 Å². The zero-order valence-electron chi connectivity index (χ0n) is 10.5. The molecule has 1 aromatic rings. The quantitative estimate of drug-likeness (QED) is 0.808. The lowest BCUT2D eigenvalue weighted by molar-refractivity contribution is 0.637. The highest BCUT2D eigenvalue weighted by atomic mass is 32.2. The molecule has 1 fully saturated rings. The van der Waals surface area contributed by atoms with Crippen LogP contribution in [0.15, 0.2) is 6.33 Å². The molecule has 1 aliphatic rings. The van der Waals surface area contributed by atoms with E-state index in [1.807, 2.05) is 0 Å². The van der Waals surface area contributed by atoms with Crippen LogP contribution in [0.2, 0.25) is 0 Å². The Hall–Kier alpha value is -1.04. The van der Waals surface area contributed by atoms with Gasteiger partial charge in [-0.15, -0.1) is 0 Å². The summed E-state index contributed by atoms with van der Waals surface area (Å²) >= 11 is 1.80. The maximum absolute atomic E-state index is 4.37. The molecule has 5 nitrogen and oxygen atoms in total. The molecule has 94 valence electrons. The number of rotatable bonds is 6. The Kier molecular flexibility index (Phi) is 3.71. The van der Waals surface area contributed by atoms with E-state index in [1.54, 1.807) is 18.1 Å². The summed E-state index contributed by atoms with van der Waals surface area (Å²) in [5, 5.41) is 6.60. The Labute approximate surface area is 106 Å². The van der Waals surface area contributed by atoms with Crippen LogP contribution in [0.4, 0.5) is 11.9 Å². The van der Waals surface area contributed by atoms with Crippen LogP contribution in [-0.4, -0.2) is 38.5 Å². The van der Waals surface area contributed by atoms with Gasteiger partial charge in [0.2, 0.25) is 11.9 Å². The molecule has 0 atom stereocenters. The number of thioether (sulfide) groups is 1. The van der Waals surface area contributed by atoms with Crippen LogP contribution in [0.5, 0.6) is 0 Å². The van der Waals surface area contributed by atoms with Gasteiger partial charge in [0.15, 0.2) is 0 Å². The van der Waals surface area contributed by atoms with Crippen molar-refractivity contribution >= 4 is 23.7 Å². The monoisotopic (exact) mass is 253 g/mol. The van der Waals surface area contributed by atoms with Crippen molar-refractivity contribution in [3.05, 3.63) is 6.33 Å². The van der Waals surface area contributed by atoms with Crippen molar-refractivity contribution in [2.24, 2.45) is 0 Å². The molecular weight excluding hydrogens is 234 g/mol. The Morgan fingerprint density at radius 2 is 2.06 bits per heavy atom. The SMILES string of the molecule is CSCC(C)(C)Nc1ncnc(NC2CC2)n1. The highest BCUT2D eigenvalue weighted by Crippen LogP contribution is 2.23. The molecule has 17 heavy (non-hydrogen) atoms. The maximum Gasteiger partial charge on any atom is 0.227 e. The van der Waals surface area contributed by atoms with Crippen molar-refractivity contribution in [1.82, 2.24) is 15.0 Å². The molecule has 1 saturated carbocycles. The van der Waals surface area contributed by atoms with Crippen LogP contribution in [0.1, 0.15) is 26.7 Å². The number of hydrogen-bond donors (Lipinski definition) is 2. The van der Waals surface area contributed by atoms with Crippen molar-refractivity contribution in [3.8, 4) is 0 Å². The second-order valence-corrected chi connectivity index (χ2v) is 5.86. The predicted octanol–water partition coefficient (Wildman–Crippen LogP) is 2.00. The number of aromatic nitrogens is 3. The lowest BCUT2D eigenvalue weighted by atomic mass is 10.1. The van der Waals surface area contributed by atoms with E-state index in [0.29, 0.717) is 17.9 Å². The summed E-state index contributed by atoms with van der Waals surface area (Å²) in [4.78, 5) is 12.6. The van der Waals surface area contributed by atoms with Gasteiger partial charge in [-0.2, -0.15) is 16.7 Å². The van der Waals surface area contributed by atoms with Crippen molar-refractivity contribution in [2.75, 3.05) is 22.6 Å². The minimum absolute atomic E-state index is 0.0162. The molecule has 0 aromatic carbocycles. The number of nitrogens with zero attached hydrogens (tertiary/aromatic N) is 3. The lowest BCUT2D eigenvalue weighted by Crippen LogP contribution is -2.34. The number of hydrogen-bond acceptors (Lipinski definition) is 6. The van der Waals surface area contributed by atoms with E-state index >= 15 is 0 Å². The van der Waals surface area contributed by atoms with Crippen molar-refractivity contribution in [3.63, 3.8) is 0 Å². The number of anilines is 2. The number of nitrogens with one attached hydrogen (secondary N) is 2. The normalized spacial score (nSPS) is 15.7. The summed E-state index contributed by atoms with van der Waals surface area (Å²) in [6.07, 6.45) is 6.07. The molecule has 1 aliphatic carbocycles. The second-order valence-electron chi connectivity index (χ2n) is 4.99. The minimum Gasteiger partial charge on any atom is -0.351 e. The molecule has 0 radical (unpaired) electrons. The average Bonchev–Trinajstić information content (AvgIpc) is 3.01. The topological polar surface area (TPSA) is 62.7 Å². The zero-order valence-corrected chi connectivity index (χ0v) is 11.3. The van der Waals surface area contributed by atoms with E-state index in [0.717, 1.165) is 5.75 Å². The first-order valence-corrected chi connectivity index (χ1v) is 7.21. The van der Waals surface area contributed by atoms with E-state index < -0.39 is 0 Å². The molecule has 2 rings (SSSR count). The van der Waals surface area contributed by atoms with Gasteiger partial charge in [0.1, 0.15) is 6.33 Å². The predicted molar refractivity (Wildman–Crippen MR) is 72.6 cm³/mol. The van der Waals surface area contributed by atoms with E-state index in [-0.39, 0.29) is 5.54 Å². The van der Waals surface area contributed by atoms with Crippen LogP contribution < -0.4 is 10.6 Å². The lowest BCUT2D eigenvalue weighted by Gasteiger charge is -2.25. The van der Waals surface area contributed by atoms with Gasteiger partial charge in [0, 0.05) is 17.3 Å². The molecule has 0 unspecified atom stereocenters. The molecule has 2 N–H and O–H groups in total. The van der Waals surface area contributed by atoms with Gasteiger partial charge in [-0.3, -0.25) is 0 Å². The zero-order chi connectivity index (χ0) is 12.3. The standard InChI is InChI=1S/C11H19N5S/c1-11(2,6-17-3)16-10-13-7-12-9(15-10)14-8-4-5-8/h7-8H,4-6H2,1-3H3,(H2,12,13,14,15,16). The summed E-state index contributed by atoms with van der Waals surface area (Å²) in [6, 6.07) is 0.560. The van der Waals surface area contributed by atoms with Gasteiger partial charge in [0.25, 0.3) is 0 Å². The molecule has 1 aromatic heterocycles. The first-order valence-electron chi connectivity index (χ1n) is 5.82. The van der Waals surface area contributed by atoms with Crippen LogP contribution >= 0.6 is 11.8 Å². The molecular formula is C11H19N5S.